The first-order chi connectivity index (χ1) is 26.4. The summed E-state index contributed by atoms with van der Waals surface area (Å²) in [5, 5.41) is 57.7. The van der Waals surface area contributed by atoms with Gasteiger partial charge in [-0.2, -0.15) is 33.7 Å². The molecule has 0 spiro atoms. The first-order valence-corrected chi connectivity index (χ1v) is 21.1. The quantitative estimate of drug-likeness (QED) is 0.0360. The van der Waals surface area contributed by atoms with Gasteiger partial charge in [-0.3, -0.25) is 18.2 Å². The normalized spacial score (nSPS) is 11.7. The summed E-state index contributed by atoms with van der Waals surface area (Å²) < 4.78 is 132. The molecule has 0 aliphatic carbocycles. The van der Waals surface area contributed by atoms with Crippen molar-refractivity contribution >= 4 is 84.8 Å². The molecule has 0 amide bonds. The molecular formula is C33H24Cu2N4Na4O16S4+4. The van der Waals surface area contributed by atoms with E-state index in [1.807, 2.05) is 0 Å². The zero-order chi connectivity index (χ0) is 41.8. The van der Waals surface area contributed by atoms with Crippen LogP contribution in [0.3, 0.4) is 0 Å². The van der Waals surface area contributed by atoms with Gasteiger partial charge in [-0.25, -0.2) is 0 Å². The zero-order valence-electron chi connectivity index (χ0n) is 32.7. The van der Waals surface area contributed by atoms with E-state index < -0.39 is 94.4 Å². The third-order valence-electron chi connectivity index (χ3n) is 8.20. The molecule has 6 aromatic rings. The van der Waals surface area contributed by atoms with Gasteiger partial charge in [-0.05, 0) is 89.0 Å². The Kier molecular flexibility index (Phi) is 23.4. The van der Waals surface area contributed by atoms with Crippen LogP contribution >= 0.6 is 0 Å². The maximum Gasteiger partial charge on any atom is 1.00 e. The molecule has 8 N–H and O–H groups in total. The summed E-state index contributed by atoms with van der Waals surface area (Å²) in [5.41, 5.74) is -0.498. The van der Waals surface area contributed by atoms with Crippen LogP contribution < -0.4 is 118 Å². The number of rotatable bonds is 10. The van der Waals surface area contributed by atoms with Gasteiger partial charge in [0.2, 0.25) is 0 Å². The molecule has 318 valence electrons. The Morgan fingerprint density at radius 3 is 1.03 bits per heavy atom. The SMILES string of the molecule is O=S(=O)(O)c1ccc2c(N=Nc3ccc(Cc4ccc(N=Nc5c(O)c(S(=O)(=O)O)cc6cc(S(=O)(=O)O)ccc56)c(O)c4)cc3O)c(O)c(S(=O)(=O)O)cc2c1.[Cu].[Cu].[Na+].[Na+].[Na+].[Na+]. The van der Waals surface area contributed by atoms with Crippen LogP contribution in [0.2, 0.25) is 0 Å². The molecule has 0 fully saturated rings. The van der Waals surface area contributed by atoms with Gasteiger partial charge in [0.1, 0.15) is 44.0 Å². The van der Waals surface area contributed by atoms with E-state index in [9.17, 15) is 72.3 Å². The van der Waals surface area contributed by atoms with Crippen LogP contribution in [0, 0.1) is 0 Å². The summed E-state index contributed by atoms with van der Waals surface area (Å²) in [7, 11) is -19.6. The second-order valence-electron chi connectivity index (χ2n) is 12.0. The molecule has 0 unspecified atom stereocenters. The predicted octanol–water partition coefficient (Wildman–Crippen LogP) is -5.77. The number of nitrogens with zero attached hydrogens (tertiary/aromatic N) is 4. The molecule has 30 heteroatoms. The number of azo groups is 2. The average molecular weight is 1080 g/mol. The van der Waals surface area contributed by atoms with E-state index in [2.05, 4.69) is 20.5 Å². The van der Waals surface area contributed by atoms with Crippen molar-refractivity contribution in [3.8, 4) is 23.0 Å². The maximum absolute atomic E-state index is 11.9. The van der Waals surface area contributed by atoms with E-state index in [0.29, 0.717) is 11.1 Å². The second-order valence-corrected chi connectivity index (χ2v) is 17.7. The van der Waals surface area contributed by atoms with Crippen LogP contribution in [0.15, 0.2) is 125 Å². The molecule has 63 heavy (non-hydrogen) atoms. The van der Waals surface area contributed by atoms with Gasteiger partial charge in [-0.15, -0.1) is 20.5 Å². The molecule has 6 aromatic carbocycles. The standard InChI is InChI=1S/C33H24N4O16S4.2Cu.4Na/c38-26-10-16(1-7-24(26)34-36-30-22-5-3-20(54(42,43)44)12-18(22)14-28(32(30)40)56(48,49)50)9-17-2-8-25(27(39)11-17)35-37-31-23-6-4-21(55(45,46)47)13-19(23)15-29(33(31)41)57(51,52)53;;;;;;/h1-8,10-15,38-41H,9H2,(H,42,43,44)(H,45,46,47)(H,48,49,50)(H,51,52,53);;;;;;/q;;;4*+1. The molecule has 2 radical (unpaired) electrons. The largest absolute Gasteiger partial charge is 1.00 e. The van der Waals surface area contributed by atoms with E-state index in [0.717, 1.165) is 48.5 Å². The Morgan fingerprint density at radius 2 is 0.746 bits per heavy atom. The Morgan fingerprint density at radius 1 is 0.413 bits per heavy atom. The van der Waals surface area contributed by atoms with Crippen LogP contribution in [0.4, 0.5) is 22.7 Å². The fourth-order valence-corrected chi connectivity index (χ4v) is 7.81. The predicted molar refractivity (Wildman–Crippen MR) is 198 cm³/mol. The van der Waals surface area contributed by atoms with Gasteiger partial charge in [0, 0.05) is 44.9 Å². The molecule has 0 bridgehead atoms. The first kappa shape index (κ1) is 61.9. The molecule has 0 aromatic heterocycles. The summed E-state index contributed by atoms with van der Waals surface area (Å²) in [6, 6.07) is 15.5. The van der Waals surface area contributed by atoms with Gasteiger partial charge in [-0.1, -0.05) is 24.3 Å². The van der Waals surface area contributed by atoms with Gasteiger partial charge in [0.25, 0.3) is 40.5 Å². The smallest absolute Gasteiger partial charge is 0.506 e. The van der Waals surface area contributed by atoms with E-state index in [4.69, 9.17) is 0 Å². The van der Waals surface area contributed by atoms with Crippen LogP contribution in [0.25, 0.3) is 21.5 Å². The molecule has 0 saturated heterocycles. The van der Waals surface area contributed by atoms with Crippen molar-refractivity contribution in [1.29, 1.82) is 0 Å². The number of fused-ring (bicyclic) bond motifs is 2. The van der Waals surface area contributed by atoms with Crippen molar-refractivity contribution in [3.05, 3.63) is 96.1 Å². The molecule has 0 saturated carbocycles. The number of benzene rings is 6. The third-order valence-corrected chi connectivity index (χ3v) is 11.6. The molecule has 0 aliphatic rings. The fourth-order valence-electron chi connectivity index (χ4n) is 5.55. The summed E-state index contributed by atoms with van der Waals surface area (Å²) in [6.45, 7) is 0. The van der Waals surface area contributed by atoms with Crippen LogP contribution in [-0.4, -0.2) is 72.3 Å². The monoisotopic (exact) mass is 1080 g/mol. The van der Waals surface area contributed by atoms with Gasteiger partial charge < -0.3 is 20.4 Å². The topological polar surface area (TPSA) is 348 Å². The van der Waals surface area contributed by atoms with Crippen molar-refractivity contribution in [2.24, 2.45) is 20.5 Å². The molecule has 20 nitrogen and oxygen atoms in total. The molecular weight excluding hydrogens is 1060 g/mol. The third kappa shape index (κ3) is 14.5. The van der Waals surface area contributed by atoms with E-state index >= 15 is 0 Å². The van der Waals surface area contributed by atoms with E-state index in [1.54, 1.807) is 0 Å². The molecule has 0 atom stereocenters. The van der Waals surface area contributed by atoms with Gasteiger partial charge in [0.05, 0.1) is 9.79 Å². The van der Waals surface area contributed by atoms with E-state index in [-0.39, 0.29) is 192 Å². The fraction of sp³-hybridized carbons (Fsp3) is 0.0303. The Bertz CT molecular complexity index is 3030. The summed E-state index contributed by atoms with van der Waals surface area (Å²) in [5.74, 6) is -2.98. The minimum atomic E-state index is -5.07. The minimum absolute atomic E-state index is 0. The Balaban J connectivity index is 0.00000641. The summed E-state index contributed by atoms with van der Waals surface area (Å²) in [4.78, 5) is -3.32. The molecule has 6 rings (SSSR count). The number of hydrogen-bond acceptors (Lipinski definition) is 16. The zero-order valence-corrected chi connectivity index (χ0v) is 45.8. The number of hydrogen-bond donors (Lipinski definition) is 8. The second kappa shape index (κ2) is 23.8. The Hall–Kier alpha value is -1.08. The summed E-state index contributed by atoms with van der Waals surface area (Å²) >= 11 is 0. The first-order valence-electron chi connectivity index (χ1n) is 15.4. The molecule has 0 heterocycles. The number of aromatic hydroxyl groups is 4. The van der Waals surface area contributed by atoms with Crippen molar-refractivity contribution in [2.75, 3.05) is 0 Å². The number of phenols is 4. The average Bonchev–Trinajstić information content (AvgIpc) is 3.09. The van der Waals surface area contributed by atoms with Crippen LogP contribution in [-0.2, 0) is 81.0 Å². The van der Waals surface area contributed by atoms with Crippen LogP contribution in [0.5, 0.6) is 23.0 Å². The van der Waals surface area contributed by atoms with Crippen molar-refractivity contribution in [2.45, 2.75) is 26.0 Å². The maximum atomic E-state index is 11.9. The van der Waals surface area contributed by atoms with Gasteiger partial charge >= 0.3 is 118 Å². The summed E-state index contributed by atoms with van der Waals surface area (Å²) in [6.07, 6.45) is 0.0891. The van der Waals surface area contributed by atoms with Gasteiger partial charge in [0.15, 0.2) is 11.5 Å². The number of phenolic OH excluding ortho intramolecular Hbond substituents is 4. The van der Waals surface area contributed by atoms with Crippen molar-refractivity contribution < 1.29 is 225 Å². The minimum Gasteiger partial charge on any atom is -0.506 e. The molecule has 0 aliphatic heterocycles. The van der Waals surface area contributed by atoms with Crippen molar-refractivity contribution in [3.63, 3.8) is 0 Å². The van der Waals surface area contributed by atoms with Crippen molar-refractivity contribution in [1.82, 2.24) is 0 Å². The van der Waals surface area contributed by atoms with Crippen LogP contribution in [0.1, 0.15) is 11.1 Å². The van der Waals surface area contributed by atoms with E-state index in [1.165, 1.54) is 36.4 Å². The Labute approximate surface area is 468 Å².